The smallest absolute Gasteiger partial charge is 0.340 e. The van der Waals surface area contributed by atoms with E-state index in [2.05, 4.69) is 16.4 Å². The quantitative estimate of drug-likeness (QED) is 0.644. The number of H-pyrrole nitrogens is 1. The summed E-state index contributed by atoms with van der Waals surface area (Å²) in [4.78, 5) is 42.5. The number of hydrogen-bond acceptors (Lipinski definition) is 4. The molecule has 0 spiro atoms. The molecule has 2 amide bonds. The van der Waals surface area contributed by atoms with Crippen molar-refractivity contribution < 1.29 is 19.1 Å². The van der Waals surface area contributed by atoms with Crippen molar-refractivity contribution in [3.63, 3.8) is 0 Å². The first-order valence-corrected chi connectivity index (χ1v) is 11.3. The van der Waals surface area contributed by atoms with E-state index >= 15 is 0 Å². The first-order chi connectivity index (χ1) is 15.3. The Morgan fingerprint density at radius 3 is 2.53 bits per heavy atom. The summed E-state index contributed by atoms with van der Waals surface area (Å²) >= 11 is 0. The van der Waals surface area contributed by atoms with Gasteiger partial charge in [-0.1, -0.05) is 29.8 Å². The zero-order chi connectivity index (χ0) is 23.3. The molecule has 32 heavy (non-hydrogen) atoms. The number of nitrogens with zero attached hydrogens (tertiary/aromatic N) is 1. The lowest BCUT2D eigenvalue weighted by Crippen LogP contribution is -2.40. The Labute approximate surface area is 189 Å². The highest BCUT2D eigenvalue weighted by Crippen LogP contribution is 2.25. The molecule has 2 aromatic rings. The summed E-state index contributed by atoms with van der Waals surface area (Å²) in [7, 11) is 0. The average molecular weight is 440 g/mol. The minimum Gasteiger partial charge on any atom is -0.462 e. The standard InChI is InChI=1S/C25H33N3O4/c1-5-32-25(31)22-17(3)23(27-18(22)4)24(30)28-11-9-19(10-12-28)14-21(29)26-15-20-8-6-7-16(2)13-20/h6-8,13,19,27H,5,9-12,14-15H2,1-4H3,(H,26,29). The minimum atomic E-state index is -0.409. The van der Waals surface area contributed by atoms with Crippen LogP contribution in [0.2, 0.25) is 0 Å². The van der Waals surface area contributed by atoms with E-state index in [1.165, 1.54) is 5.56 Å². The Kier molecular flexibility index (Phi) is 7.72. The third-order valence-electron chi connectivity index (χ3n) is 6.08. The second-order valence-electron chi connectivity index (χ2n) is 8.55. The van der Waals surface area contributed by atoms with Gasteiger partial charge in [0.25, 0.3) is 5.91 Å². The monoisotopic (exact) mass is 439 g/mol. The lowest BCUT2D eigenvalue weighted by atomic mass is 9.93. The van der Waals surface area contributed by atoms with E-state index in [0.717, 1.165) is 18.4 Å². The predicted octanol–water partition coefficient (Wildman–Crippen LogP) is 3.68. The number of aromatic amines is 1. The Morgan fingerprint density at radius 2 is 1.88 bits per heavy atom. The number of aryl methyl sites for hydroxylation is 2. The molecule has 7 nitrogen and oxygen atoms in total. The van der Waals surface area contributed by atoms with E-state index in [4.69, 9.17) is 4.74 Å². The number of carbonyl (C=O) groups excluding carboxylic acids is 3. The summed E-state index contributed by atoms with van der Waals surface area (Å²) in [5, 5.41) is 3.00. The summed E-state index contributed by atoms with van der Waals surface area (Å²) in [6.45, 7) is 9.36. The molecule has 2 heterocycles. The van der Waals surface area contributed by atoms with Crippen LogP contribution in [0, 0.1) is 26.7 Å². The number of benzene rings is 1. The number of amides is 2. The number of likely N-dealkylation sites (tertiary alicyclic amines) is 1. The highest BCUT2D eigenvalue weighted by molar-refractivity contribution is 6.00. The van der Waals surface area contributed by atoms with E-state index < -0.39 is 5.97 Å². The molecule has 2 N–H and O–H groups in total. The van der Waals surface area contributed by atoms with Crippen LogP contribution < -0.4 is 5.32 Å². The van der Waals surface area contributed by atoms with Crippen LogP contribution in [0.25, 0.3) is 0 Å². The third kappa shape index (κ3) is 5.58. The van der Waals surface area contributed by atoms with Gasteiger partial charge in [-0.25, -0.2) is 4.79 Å². The van der Waals surface area contributed by atoms with Gasteiger partial charge in [-0.2, -0.15) is 0 Å². The second kappa shape index (κ2) is 10.5. The lowest BCUT2D eigenvalue weighted by molar-refractivity contribution is -0.122. The van der Waals surface area contributed by atoms with Gasteiger partial charge in [-0.3, -0.25) is 9.59 Å². The molecule has 1 aromatic heterocycles. The van der Waals surface area contributed by atoms with E-state index in [-0.39, 0.29) is 24.3 Å². The van der Waals surface area contributed by atoms with Gasteiger partial charge in [-0.15, -0.1) is 0 Å². The van der Waals surface area contributed by atoms with E-state index in [0.29, 0.717) is 48.6 Å². The van der Waals surface area contributed by atoms with E-state index in [1.54, 1.807) is 25.7 Å². The summed E-state index contributed by atoms with van der Waals surface area (Å²) in [6.07, 6.45) is 2.04. The van der Waals surface area contributed by atoms with Crippen molar-refractivity contribution in [1.29, 1.82) is 0 Å². The van der Waals surface area contributed by atoms with Crippen LogP contribution >= 0.6 is 0 Å². The molecule has 1 fully saturated rings. The number of hydrogen-bond donors (Lipinski definition) is 2. The van der Waals surface area contributed by atoms with Crippen molar-refractivity contribution in [2.24, 2.45) is 5.92 Å². The second-order valence-corrected chi connectivity index (χ2v) is 8.55. The molecule has 1 saturated heterocycles. The van der Waals surface area contributed by atoms with Gasteiger partial charge in [0.05, 0.1) is 12.2 Å². The normalized spacial score (nSPS) is 14.3. The topological polar surface area (TPSA) is 91.5 Å². The zero-order valence-electron chi connectivity index (χ0n) is 19.4. The van der Waals surface area contributed by atoms with E-state index in [9.17, 15) is 14.4 Å². The number of piperidine rings is 1. The Bertz CT molecular complexity index is 987. The number of carbonyl (C=O) groups is 3. The molecule has 7 heteroatoms. The van der Waals surface area contributed by atoms with Crippen molar-refractivity contribution in [3.8, 4) is 0 Å². The van der Waals surface area contributed by atoms with Crippen LogP contribution in [0.1, 0.15) is 69.4 Å². The van der Waals surface area contributed by atoms with Crippen LogP contribution in [-0.2, 0) is 16.1 Å². The molecular formula is C25H33N3O4. The van der Waals surface area contributed by atoms with Gasteiger partial charge in [-0.05, 0) is 57.6 Å². The maximum atomic E-state index is 13.0. The minimum absolute atomic E-state index is 0.0474. The van der Waals surface area contributed by atoms with E-state index in [1.807, 2.05) is 25.1 Å². The molecule has 3 rings (SSSR count). The molecule has 0 radical (unpaired) electrons. The fourth-order valence-electron chi connectivity index (χ4n) is 4.33. The molecular weight excluding hydrogens is 406 g/mol. The molecule has 0 bridgehead atoms. The molecule has 1 aromatic carbocycles. The molecule has 1 aliphatic heterocycles. The van der Waals surface area contributed by atoms with Crippen LogP contribution in [0.5, 0.6) is 0 Å². The molecule has 0 atom stereocenters. The lowest BCUT2D eigenvalue weighted by Gasteiger charge is -2.31. The van der Waals surface area contributed by atoms with Gasteiger partial charge in [0.15, 0.2) is 0 Å². The van der Waals surface area contributed by atoms with Crippen LogP contribution in [0.4, 0.5) is 0 Å². The van der Waals surface area contributed by atoms with Crippen LogP contribution in [0.3, 0.4) is 0 Å². The summed E-state index contributed by atoms with van der Waals surface area (Å²) in [5.41, 5.74) is 4.43. The number of nitrogens with one attached hydrogen (secondary N) is 2. The van der Waals surface area contributed by atoms with Crippen molar-refractivity contribution in [3.05, 3.63) is 57.9 Å². The van der Waals surface area contributed by atoms with Crippen molar-refractivity contribution >= 4 is 17.8 Å². The summed E-state index contributed by atoms with van der Waals surface area (Å²) in [6, 6.07) is 8.11. The predicted molar refractivity (Wildman–Crippen MR) is 122 cm³/mol. The first-order valence-electron chi connectivity index (χ1n) is 11.3. The molecule has 0 saturated carbocycles. The van der Waals surface area contributed by atoms with Crippen molar-refractivity contribution in [1.82, 2.24) is 15.2 Å². The van der Waals surface area contributed by atoms with Crippen LogP contribution in [-0.4, -0.2) is 47.4 Å². The van der Waals surface area contributed by atoms with Crippen molar-refractivity contribution in [2.75, 3.05) is 19.7 Å². The number of aromatic nitrogens is 1. The fraction of sp³-hybridized carbons (Fsp3) is 0.480. The Hall–Kier alpha value is -3.09. The highest BCUT2D eigenvalue weighted by Gasteiger charge is 2.29. The number of rotatable bonds is 7. The Morgan fingerprint density at radius 1 is 1.16 bits per heavy atom. The summed E-state index contributed by atoms with van der Waals surface area (Å²) < 4.78 is 5.11. The van der Waals surface area contributed by atoms with Gasteiger partial charge < -0.3 is 19.9 Å². The van der Waals surface area contributed by atoms with Gasteiger partial charge in [0.2, 0.25) is 5.91 Å². The third-order valence-corrected chi connectivity index (χ3v) is 6.08. The Balaban J connectivity index is 1.51. The average Bonchev–Trinajstić information content (AvgIpc) is 3.06. The maximum absolute atomic E-state index is 13.0. The zero-order valence-corrected chi connectivity index (χ0v) is 19.4. The molecule has 172 valence electrons. The van der Waals surface area contributed by atoms with Gasteiger partial charge in [0.1, 0.15) is 5.69 Å². The summed E-state index contributed by atoms with van der Waals surface area (Å²) in [5.74, 6) is -0.207. The maximum Gasteiger partial charge on any atom is 0.340 e. The van der Waals surface area contributed by atoms with Crippen LogP contribution in [0.15, 0.2) is 24.3 Å². The number of ether oxygens (including phenoxy) is 1. The first kappa shape index (κ1) is 23.6. The number of esters is 1. The highest BCUT2D eigenvalue weighted by atomic mass is 16.5. The largest absolute Gasteiger partial charge is 0.462 e. The molecule has 1 aliphatic rings. The van der Waals surface area contributed by atoms with Gasteiger partial charge >= 0.3 is 5.97 Å². The van der Waals surface area contributed by atoms with Crippen molar-refractivity contribution in [2.45, 2.75) is 53.5 Å². The van der Waals surface area contributed by atoms with Gasteiger partial charge in [0, 0.05) is 31.7 Å². The molecule has 0 unspecified atom stereocenters. The molecule has 0 aliphatic carbocycles. The SMILES string of the molecule is CCOC(=O)c1c(C)[nH]c(C(=O)N2CCC(CC(=O)NCc3cccc(C)c3)CC2)c1C. The fourth-order valence-corrected chi connectivity index (χ4v) is 4.33.